The van der Waals surface area contributed by atoms with Crippen molar-refractivity contribution < 1.29 is 18.3 Å². The minimum Gasteiger partial charge on any atom is -0.485 e. The third-order valence-electron chi connectivity index (χ3n) is 3.36. The van der Waals surface area contributed by atoms with Crippen molar-refractivity contribution in [1.82, 2.24) is 4.98 Å². The van der Waals surface area contributed by atoms with Crippen LogP contribution in [0.2, 0.25) is 0 Å². The number of rotatable bonds is 4. The number of carbonyl (C=O) groups is 1. The van der Waals surface area contributed by atoms with Crippen molar-refractivity contribution in [2.75, 3.05) is 18.1 Å². The molecule has 6 heteroatoms. The Bertz CT molecular complexity index is 639. The molecule has 0 atom stereocenters. The molecule has 1 aliphatic heterocycles. The van der Waals surface area contributed by atoms with E-state index in [1.54, 1.807) is 23.2 Å². The molecule has 0 unspecified atom stereocenters. The van der Waals surface area contributed by atoms with Crippen LogP contribution in [-0.4, -0.2) is 30.5 Å². The van der Waals surface area contributed by atoms with Crippen molar-refractivity contribution in [3.63, 3.8) is 0 Å². The van der Waals surface area contributed by atoms with E-state index < -0.39 is 13.0 Å². The monoisotopic (exact) mass is 280 g/mol. The summed E-state index contributed by atoms with van der Waals surface area (Å²) < 4.78 is 29.9. The first-order valence-corrected chi connectivity index (χ1v) is 6.47. The highest BCUT2D eigenvalue weighted by Crippen LogP contribution is 2.35. The summed E-state index contributed by atoms with van der Waals surface area (Å²) >= 11 is 0. The SMILES string of the molecule is O=C1CCCN1c1cc2[nH]ccc2cc1OCC(F)F. The van der Waals surface area contributed by atoms with Gasteiger partial charge in [-0.05, 0) is 24.6 Å². The summed E-state index contributed by atoms with van der Waals surface area (Å²) in [4.78, 5) is 16.5. The zero-order chi connectivity index (χ0) is 14.1. The van der Waals surface area contributed by atoms with Gasteiger partial charge in [0.05, 0.1) is 5.69 Å². The van der Waals surface area contributed by atoms with Crippen LogP contribution in [0, 0.1) is 0 Å². The second kappa shape index (κ2) is 5.11. The summed E-state index contributed by atoms with van der Waals surface area (Å²) in [5, 5.41) is 0.865. The van der Waals surface area contributed by atoms with Gasteiger partial charge in [-0.25, -0.2) is 8.78 Å². The standard InChI is InChI=1S/C14H14F2N2O2/c15-13(16)8-20-12-6-9-3-4-17-10(9)7-11(12)18-5-1-2-14(18)19/h3-4,6-7,13,17H,1-2,5,8H2. The average Bonchev–Trinajstić information content (AvgIpc) is 3.02. The van der Waals surface area contributed by atoms with E-state index in [1.165, 1.54) is 0 Å². The van der Waals surface area contributed by atoms with Crippen molar-refractivity contribution >= 4 is 22.5 Å². The van der Waals surface area contributed by atoms with Gasteiger partial charge in [-0.3, -0.25) is 4.79 Å². The summed E-state index contributed by atoms with van der Waals surface area (Å²) in [7, 11) is 0. The largest absolute Gasteiger partial charge is 0.485 e. The van der Waals surface area contributed by atoms with Crippen LogP contribution in [-0.2, 0) is 4.79 Å². The molecule has 1 saturated heterocycles. The van der Waals surface area contributed by atoms with Crippen molar-refractivity contribution in [3.05, 3.63) is 24.4 Å². The fourth-order valence-corrected chi connectivity index (χ4v) is 2.45. The van der Waals surface area contributed by atoms with Gasteiger partial charge < -0.3 is 14.6 Å². The number of nitrogens with zero attached hydrogens (tertiary/aromatic N) is 1. The predicted octanol–water partition coefficient (Wildman–Crippen LogP) is 2.94. The van der Waals surface area contributed by atoms with E-state index in [9.17, 15) is 13.6 Å². The Morgan fingerprint density at radius 2 is 2.25 bits per heavy atom. The lowest BCUT2D eigenvalue weighted by Crippen LogP contribution is -2.24. The van der Waals surface area contributed by atoms with Crippen molar-refractivity contribution in [2.24, 2.45) is 0 Å². The number of aromatic nitrogens is 1. The number of fused-ring (bicyclic) bond motifs is 1. The van der Waals surface area contributed by atoms with Gasteiger partial charge in [0.15, 0.2) is 0 Å². The quantitative estimate of drug-likeness (QED) is 0.936. The Morgan fingerprint density at radius 1 is 1.40 bits per heavy atom. The van der Waals surface area contributed by atoms with Gasteiger partial charge in [-0.1, -0.05) is 0 Å². The molecule has 4 nitrogen and oxygen atoms in total. The Hall–Kier alpha value is -2.11. The second-order valence-electron chi connectivity index (χ2n) is 4.74. The van der Waals surface area contributed by atoms with Gasteiger partial charge >= 0.3 is 0 Å². The highest BCUT2D eigenvalue weighted by Gasteiger charge is 2.25. The maximum atomic E-state index is 12.3. The van der Waals surface area contributed by atoms with Crippen molar-refractivity contribution in [3.8, 4) is 5.75 Å². The Morgan fingerprint density at radius 3 is 2.95 bits per heavy atom. The second-order valence-corrected chi connectivity index (χ2v) is 4.74. The molecule has 0 aliphatic carbocycles. The van der Waals surface area contributed by atoms with Gasteiger partial charge in [0, 0.05) is 30.1 Å². The van der Waals surface area contributed by atoms with Crippen LogP contribution in [0.5, 0.6) is 5.75 Å². The molecule has 0 saturated carbocycles. The van der Waals surface area contributed by atoms with Crippen LogP contribution in [0.25, 0.3) is 10.9 Å². The van der Waals surface area contributed by atoms with Crippen molar-refractivity contribution in [1.29, 1.82) is 0 Å². The normalized spacial score (nSPS) is 15.6. The van der Waals surface area contributed by atoms with Crippen LogP contribution in [0.15, 0.2) is 24.4 Å². The minimum atomic E-state index is -2.54. The van der Waals surface area contributed by atoms with Crippen LogP contribution in [0.3, 0.4) is 0 Å². The predicted molar refractivity (Wildman–Crippen MR) is 71.4 cm³/mol. The first-order chi connectivity index (χ1) is 9.65. The molecule has 1 aromatic heterocycles. The molecule has 1 N–H and O–H groups in total. The lowest BCUT2D eigenvalue weighted by atomic mass is 10.2. The highest BCUT2D eigenvalue weighted by atomic mass is 19.3. The summed E-state index contributed by atoms with van der Waals surface area (Å²) in [6, 6.07) is 5.30. The average molecular weight is 280 g/mol. The number of hydrogen-bond donors (Lipinski definition) is 1. The number of ether oxygens (including phenoxy) is 1. The third-order valence-corrected chi connectivity index (χ3v) is 3.36. The maximum Gasteiger partial charge on any atom is 0.272 e. The fourth-order valence-electron chi connectivity index (χ4n) is 2.45. The number of hydrogen-bond acceptors (Lipinski definition) is 2. The summed E-state index contributed by atoms with van der Waals surface area (Å²) in [6.07, 6.45) is 0.475. The number of benzene rings is 1. The van der Waals surface area contributed by atoms with Crippen LogP contribution in [0.1, 0.15) is 12.8 Å². The number of anilines is 1. The first-order valence-electron chi connectivity index (χ1n) is 6.47. The topological polar surface area (TPSA) is 45.3 Å². The molecular weight excluding hydrogens is 266 g/mol. The molecule has 0 radical (unpaired) electrons. The molecule has 2 aromatic rings. The molecule has 106 valence electrons. The molecule has 20 heavy (non-hydrogen) atoms. The van der Waals surface area contributed by atoms with Gasteiger partial charge in [0.2, 0.25) is 5.91 Å². The van der Waals surface area contributed by atoms with E-state index in [0.29, 0.717) is 24.4 Å². The van der Waals surface area contributed by atoms with E-state index >= 15 is 0 Å². The zero-order valence-electron chi connectivity index (χ0n) is 10.7. The van der Waals surface area contributed by atoms with E-state index in [1.807, 2.05) is 6.07 Å². The Balaban J connectivity index is 2.01. The maximum absolute atomic E-state index is 12.3. The lowest BCUT2D eigenvalue weighted by molar-refractivity contribution is -0.117. The molecule has 3 rings (SSSR count). The molecule has 1 fully saturated rings. The van der Waals surface area contributed by atoms with E-state index in [0.717, 1.165) is 17.3 Å². The number of carbonyl (C=O) groups excluding carboxylic acids is 1. The molecule has 0 bridgehead atoms. The molecule has 0 spiro atoms. The zero-order valence-corrected chi connectivity index (χ0v) is 10.7. The van der Waals surface area contributed by atoms with Gasteiger partial charge in [-0.15, -0.1) is 0 Å². The highest BCUT2D eigenvalue weighted by molar-refractivity contribution is 5.99. The molecule has 1 aromatic carbocycles. The van der Waals surface area contributed by atoms with Crippen molar-refractivity contribution in [2.45, 2.75) is 19.3 Å². The van der Waals surface area contributed by atoms with E-state index in [2.05, 4.69) is 4.98 Å². The summed E-state index contributed by atoms with van der Waals surface area (Å²) in [5.41, 5.74) is 1.41. The lowest BCUT2D eigenvalue weighted by Gasteiger charge is -2.20. The minimum absolute atomic E-state index is 0.00203. The van der Waals surface area contributed by atoms with Crippen LogP contribution >= 0.6 is 0 Å². The summed E-state index contributed by atoms with van der Waals surface area (Å²) in [6.45, 7) is -0.0823. The van der Waals surface area contributed by atoms with E-state index in [-0.39, 0.29) is 5.91 Å². The Labute approximate surface area is 114 Å². The first kappa shape index (κ1) is 12.9. The van der Waals surface area contributed by atoms with Gasteiger partial charge in [0.25, 0.3) is 6.43 Å². The fraction of sp³-hybridized carbons (Fsp3) is 0.357. The number of aromatic amines is 1. The smallest absolute Gasteiger partial charge is 0.272 e. The van der Waals surface area contributed by atoms with Crippen LogP contribution < -0.4 is 9.64 Å². The van der Waals surface area contributed by atoms with Gasteiger partial charge in [0.1, 0.15) is 12.4 Å². The number of H-pyrrole nitrogens is 1. The van der Waals surface area contributed by atoms with E-state index in [4.69, 9.17) is 4.74 Å². The molecular formula is C14H14F2N2O2. The third kappa shape index (κ3) is 2.33. The molecule has 1 amide bonds. The van der Waals surface area contributed by atoms with Gasteiger partial charge in [-0.2, -0.15) is 0 Å². The number of alkyl halides is 2. The molecule has 2 heterocycles. The summed E-state index contributed by atoms with van der Waals surface area (Å²) in [5.74, 6) is 0.324. The Kier molecular flexibility index (Phi) is 3.30. The number of nitrogens with one attached hydrogen (secondary N) is 1. The number of halogens is 2. The number of amides is 1. The van der Waals surface area contributed by atoms with Crippen LogP contribution in [0.4, 0.5) is 14.5 Å². The molecule has 1 aliphatic rings.